The monoisotopic (exact) mass is 289 g/mol. The van der Waals surface area contributed by atoms with Gasteiger partial charge in [0.15, 0.2) is 0 Å². The first kappa shape index (κ1) is 15.2. The number of benzene rings is 1. The fourth-order valence-electron chi connectivity index (χ4n) is 2.71. The first-order valence-corrected chi connectivity index (χ1v) is 7.11. The largest absolute Gasteiger partial charge is 0.481 e. The fraction of sp³-hybridized carbons (Fsp3) is 0.438. The maximum absolute atomic E-state index is 12.5. The average molecular weight is 289 g/mol. The second-order valence-corrected chi connectivity index (χ2v) is 5.41. The van der Waals surface area contributed by atoms with Gasteiger partial charge in [-0.2, -0.15) is 0 Å². The van der Waals surface area contributed by atoms with Crippen molar-refractivity contribution in [1.29, 1.82) is 0 Å². The molecule has 5 nitrogen and oxygen atoms in total. The van der Waals surface area contributed by atoms with Crippen molar-refractivity contribution in [2.24, 2.45) is 5.41 Å². The van der Waals surface area contributed by atoms with E-state index in [9.17, 15) is 19.5 Å². The van der Waals surface area contributed by atoms with Crippen molar-refractivity contribution in [3.8, 4) is 0 Å². The van der Waals surface area contributed by atoms with Crippen LogP contribution in [-0.2, 0) is 16.0 Å². The van der Waals surface area contributed by atoms with Crippen LogP contribution < -0.4 is 0 Å². The van der Waals surface area contributed by atoms with Crippen LogP contribution in [0.5, 0.6) is 0 Å². The number of hydrogen-bond acceptors (Lipinski definition) is 3. The minimum absolute atomic E-state index is 0.0681. The van der Waals surface area contributed by atoms with Gasteiger partial charge in [0.1, 0.15) is 0 Å². The highest BCUT2D eigenvalue weighted by Crippen LogP contribution is 2.30. The molecule has 0 radical (unpaired) electrons. The third kappa shape index (κ3) is 2.55. The first-order chi connectivity index (χ1) is 9.95. The molecular weight excluding hydrogens is 270 g/mol. The molecule has 1 aliphatic heterocycles. The summed E-state index contributed by atoms with van der Waals surface area (Å²) in [6, 6.07) is 6.97. The zero-order valence-electron chi connectivity index (χ0n) is 12.3. The highest BCUT2D eigenvalue weighted by molar-refractivity contribution is 6.09. The number of imide groups is 1. The van der Waals surface area contributed by atoms with Crippen LogP contribution in [0, 0.1) is 5.41 Å². The summed E-state index contributed by atoms with van der Waals surface area (Å²) in [6.07, 6.45) is 0.889. The molecule has 5 heteroatoms. The molecule has 1 aromatic carbocycles. The summed E-state index contributed by atoms with van der Waals surface area (Å²) < 4.78 is 0. The quantitative estimate of drug-likeness (QED) is 0.842. The zero-order valence-corrected chi connectivity index (χ0v) is 12.3. The van der Waals surface area contributed by atoms with Gasteiger partial charge in [0.25, 0.3) is 5.91 Å². The summed E-state index contributed by atoms with van der Waals surface area (Å²) >= 11 is 0. The van der Waals surface area contributed by atoms with Gasteiger partial charge in [-0.05, 0) is 24.5 Å². The minimum Gasteiger partial charge on any atom is -0.481 e. The Bertz CT molecular complexity index is 590. The summed E-state index contributed by atoms with van der Waals surface area (Å²) in [5.41, 5.74) is 0.124. The molecule has 0 fully saturated rings. The Kier molecular flexibility index (Phi) is 4.11. The number of hydrogen-bond donors (Lipinski definition) is 1. The van der Waals surface area contributed by atoms with E-state index >= 15 is 0 Å². The van der Waals surface area contributed by atoms with Crippen LogP contribution in [0.2, 0.25) is 0 Å². The Hall–Kier alpha value is -2.17. The predicted molar refractivity (Wildman–Crippen MR) is 76.8 cm³/mol. The topological polar surface area (TPSA) is 74.7 Å². The van der Waals surface area contributed by atoms with Crippen molar-refractivity contribution in [2.45, 2.75) is 33.1 Å². The summed E-state index contributed by atoms with van der Waals surface area (Å²) in [6.45, 7) is 3.47. The van der Waals surface area contributed by atoms with Crippen LogP contribution in [0.1, 0.15) is 42.6 Å². The number of rotatable bonds is 5. The minimum atomic E-state index is -1.07. The molecular formula is C16H19NO4. The standard InChI is InChI=1S/C16H19NO4/c1-3-16(4-2,15(20)21)10-17-13(18)9-11-7-5-6-8-12(11)14(17)19/h5-8H,3-4,9-10H2,1-2H3,(H,20,21). The van der Waals surface area contributed by atoms with Gasteiger partial charge in [0.05, 0.1) is 11.8 Å². The van der Waals surface area contributed by atoms with Gasteiger partial charge in [0.2, 0.25) is 5.91 Å². The maximum atomic E-state index is 12.5. The molecule has 0 saturated heterocycles. The molecule has 21 heavy (non-hydrogen) atoms. The molecule has 0 spiro atoms. The maximum Gasteiger partial charge on any atom is 0.311 e. The van der Waals surface area contributed by atoms with Gasteiger partial charge in [0, 0.05) is 12.1 Å². The van der Waals surface area contributed by atoms with Gasteiger partial charge >= 0.3 is 5.97 Å². The Morgan fingerprint density at radius 3 is 2.43 bits per heavy atom. The molecule has 1 N–H and O–H groups in total. The van der Waals surface area contributed by atoms with E-state index in [-0.39, 0.29) is 18.9 Å². The molecule has 0 unspecified atom stereocenters. The Balaban J connectivity index is 2.35. The lowest BCUT2D eigenvalue weighted by Gasteiger charge is -2.35. The average Bonchev–Trinajstić information content (AvgIpc) is 2.47. The smallest absolute Gasteiger partial charge is 0.311 e. The molecule has 2 rings (SSSR count). The highest BCUT2D eigenvalue weighted by atomic mass is 16.4. The summed E-state index contributed by atoms with van der Waals surface area (Å²) in [7, 11) is 0. The van der Waals surface area contributed by atoms with E-state index in [1.165, 1.54) is 0 Å². The van der Waals surface area contributed by atoms with Gasteiger partial charge < -0.3 is 5.11 Å². The molecule has 1 aromatic rings. The predicted octanol–water partition coefficient (Wildman–Crippen LogP) is 2.10. The third-order valence-corrected chi connectivity index (χ3v) is 4.40. The molecule has 112 valence electrons. The number of carboxylic acids is 1. The summed E-state index contributed by atoms with van der Waals surface area (Å²) in [5, 5.41) is 9.47. The lowest BCUT2D eigenvalue weighted by atomic mass is 9.81. The zero-order chi connectivity index (χ0) is 15.6. The van der Waals surface area contributed by atoms with Crippen LogP contribution in [0.25, 0.3) is 0 Å². The van der Waals surface area contributed by atoms with E-state index in [0.29, 0.717) is 24.0 Å². The number of carboxylic acid groups (broad SMARTS) is 1. The molecule has 1 aliphatic rings. The Morgan fingerprint density at radius 2 is 1.86 bits per heavy atom. The van der Waals surface area contributed by atoms with E-state index in [4.69, 9.17) is 0 Å². The lowest BCUT2D eigenvalue weighted by Crippen LogP contribution is -2.50. The van der Waals surface area contributed by atoms with Crippen LogP contribution in [0.3, 0.4) is 0 Å². The van der Waals surface area contributed by atoms with Crippen molar-refractivity contribution in [3.05, 3.63) is 35.4 Å². The van der Waals surface area contributed by atoms with Crippen LogP contribution >= 0.6 is 0 Å². The normalized spacial score (nSPS) is 15.0. The molecule has 0 aromatic heterocycles. The second-order valence-electron chi connectivity index (χ2n) is 5.41. The Morgan fingerprint density at radius 1 is 1.24 bits per heavy atom. The van der Waals surface area contributed by atoms with Crippen molar-refractivity contribution in [1.82, 2.24) is 4.90 Å². The number of carbonyl (C=O) groups is 3. The number of carbonyl (C=O) groups excluding carboxylic acids is 2. The van der Waals surface area contributed by atoms with Crippen molar-refractivity contribution in [3.63, 3.8) is 0 Å². The lowest BCUT2D eigenvalue weighted by molar-refractivity contribution is -0.151. The molecule has 0 atom stereocenters. The van der Waals surface area contributed by atoms with Gasteiger partial charge in [-0.15, -0.1) is 0 Å². The van der Waals surface area contributed by atoms with Gasteiger partial charge in [-0.25, -0.2) is 0 Å². The van der Waals surface area contributed by atoms with Crippen LogP contribution in [0.4, 0.5) is 0 Å². The summed E-state index contributed by atoms with van der Waals surface area (Å²) in [4.78, 5) is 37.4. The molecule has 0 bridgehead atoms. The number of nitrogens with zero attached hydrogens (tertiary/aromatic N) is 1. The summed E-state index contributed by atoms with van der Waals surface area (Å²) in [5.74, 6) is -1.69. The van der Waals surface area contributed by atoms with E-state index in [1.807, 2.05) is 0 Å². The molecule has 0 aliphatic carbocycles. The van der Waals surface area contributed by atoms with Crippen molar-refractivity contribution >= 4 is 17.8 Å². The van der Waals surface area contributed by atoms with Crippen LogP contribution in [0.15, 0.2) is 24.3 Å². The molecule has 1 heterocycles. The third-order valence-electron chi connectivity index (χ3n) is 4.40. The van der Waals surface area contributed by atoms with E-state index in [1.54, 1.807) is 38.1 Å². The van der Waals surface area contributed by atoms with Crippen molar-refractivity contribution in [2.75, 3.05) is 6.54 Å². The fourth-order valence-corrected chi connectivity index (χ4v) is 2.71. The van der Waals surface area contributed by atoms with Gasteiger partial charge in [-0.1, -0.05) is 32.0 Å². The number of amides is 2. The number of aliphatic carboxylic acids is 1. The van der Waals surface area contributed by atoms with Crippen LogP contribution in [-0.4, -0.2) is 34.3 Å². The highest BCUT2D eigenvalue weighted by Gasteiger charge is 2.41. The van der Waals surface area contributed by atoms with Crippen molar-refractivity contribution < 1.29 is 19.5 Å². The molecule has 0 saturated carbocycles. The van der Waals surface area contributed by atoms with E-state index in [2.05, 4.69) is 0 Å². The first-order valence-electron chi connectivity index (χ1n) is 7.11. The number of fused-ring (bicyclic) bond motifs is 1. The Labute approximate surface area is 123 Å². The second kappa shape index (κ2) is 5.68. The molecule has 2 amide bonds. The SMILES string of the molecule is CCC(CC)(CN1C(=O)Cc2ccccc2C1=O)C(=O)O. The van der Waals surface area contributed by atoms with E-state index in [0.717, 1.165) is 4.90 Å². The van der Waals surface area contributed by atoms with E-state index < -0.39 is 17.3 Å². The van der Waals surface area contributed by atoms with Gasteiger partial charge in [-0.3, -0.25) is 19.3 Å².